The van der Waals surface area contributed by atoms with Gasteiger partial charge >= 0.3 is 0 Å². The molecule has 8 heterocycles. The van der Waals surface area contributed by atoms with Gasteiger partial charge in [0.25, 0.3) is 0 Å². The first-order valence-corrected chi connectivity index (χ1v) is 22.3. The molecular weight excluding hydrogens is 963 g/mol. The van der Waals surface area contributed by atoms with Crippen molar-refractivity contribution in [2.75, 3.05) is 0 Å². The molecule has 0 aliphatic rings. The van der Waals surface area contributed by atoms with E-state index < -0.39 is 0 Å². The van der Waals surface area contributed by atoms with Crippen LogP contribution in [0.5, 0.6) is 0 Å². The van der Waals surface area contributed by atoms with E-state index >= 15 is 0 Å². The van der Waals surface area contributed by atoms with Crippen molar-refractivity contribution < 1.29 is 0 Å². The summed E-state index contributed by atoms with van der Waals surface area (Å²) in [5.74, 6) is 1.58. The Hall–Kier alpha value is -7.90. The Balaban J connectivity index is 1.09. The maximum atomic E-state index is 6.67. The van der Waals surface area contributed by atoms with Gasteiger partial charge in [0, 0.05) is 22.6 Å². The smallest absolute Gasteiger partial charge is 0.173 e. The van der Waals surface area contributed by atoms with Crippen molar-refractivity contribution in [1.29, 1.82) is 0 Å². The summed E-state index contributed by atoms with van der Waals surface area (Å²) in [5.41, 5.74) is 10.3. The Labute approximate surface area is 393 Å². The average molecular weight is 995 g/mol. The number of hydrogen-bond donors (Lipinski definition) is 0. The summed E-state index contributed by atoms with van der Waals surface area (Å²) in [6.07, 6.45) is 6.09. The summed E-state index contributed by atoms with van der Waals surface area (Å²) in [6, 6.07) is 40.7. The SMILES string of the molecule is Clc1ncnc2c1nc(-c1ncnc3c1nc(-c1ncnc4c1nc(-c1ncnc5c1nc(I)n5Cc1ccccc1)n4Cc1ccccc1)n3Cc1ccccc1)n2Cc1ccccc1. The first-order chi connectivity index (χ1) is 32.6. The van der Waals surface area contributed by atoms with E-state index in [-0.39, 0.29) is 5.15 Å². The van der Waals surface area contributed by atoms with Crippen LogP contribution in [-0.4, -0.2) is 78.1 Å². The molecule has 18 heteroatoms. The van der Waals surface area contributed by atoms with E-state index in [0.717, 1.165) is 26.1 Å². The zero-order valence-corrected chi connectivity index (χ0v) is 37.5. The van der Waals surface area contributed by atoms with Crippen molar-refractivity contribution in [2.24, 2.45) is 0 Å². The summed E-state index contributed by atoms with van der Waals surface area (Å²) in [7, 11) is 0. The number of nitrogens with zero attached hydrogens (tertiary/aromatic N) is 16. The minimum Gasteiger partial charge on any atom is -0.303 e. The van der Waals surface area contributed by atoms with Crippen LogP contribution in [0, 0.1) is 3.83 Å². The quantitative estimate of drug-likeness (QED) is 0.0686. The summed E-state index contributed by atoms with van der Waals surface area (Å²) in [4.78, 5) is 58.9. The Morgan fingerprint density at radius 1 is 0.348 bits per heavy atom. The van der Waals surface area contributed by atoms with Gasteiger partial charge < -0.3 is 13.7 Å². The zero-order chi connectivity index (χ0) is 44.1. The lowest BCUT2D eigenvalue weighted by atomic mass is 10.2. The van der Waals surface area contributed by atoms with Crippen LogP contribution in [0.3, 0.4) is 0 Å². The normalized spacial score (nSPS) is 11.7. The van der Waals surface area contributed by atoms with E-state index in [9.17, 15) is 0 Å². The van der Waals surface area contributed by atoms with Gasteiger partial charge in [-0.25, -0.2) is 59.8 Å². The number of fused-ring (bicyclic) bond motifs is 4. The molecule has 0 atom stereocenters. The van der Waals surface area contributed by atoms with Gasteiger partial charge in [-0.05, 0) is 22.3 Å². The molecule has 318 valence electrons. The summed E-state index contributed by atoms with van der Waals surface area (Å²) < 4.78 is 8.96. The molecule has 8 aromatic heterocycles. The predicted octanol–water partition coefficient (Wildman–Crippen LogP) is 8.70. The molecule has 0 saturated carbocycles. The fourth-order valence-corrected chi connectivity index (χ4v) is 9.19. The average Bonchev–Trinajstić information content (AvgIpc) is 4.11. The first-order valence-electron chi connectivity index (χ1n) is 20.9. The molecule has 12 rings (SSSR count). The molecule has 0 radical (unpaired) electrons. The number of halogens is 2. The maximum Gasteiger partial charge on any atom is 0.173 e. The van der Waals surface area contributed by atoms with Crippen molar-refractivity contribution in [3.05, 3.63) is 178 Å². The lowest BCUT2D eigenvalue weighted by Gasteiger charge is -2.10. The molecule has 0 aliphatic heterocycles. The molecule has 0 amide bonds. The Morgan fingerprint density at radius 2 is 0.652 bits per heavy atom. The summed E-state index contributed by atoms with van der Waals surface area (Å²) >= 11 is 8.94. The van der Waals surface area contributed by atoms with Gasteiger partial charge in [0.15, 0.2) is 49.0 Å². The van der Waals surface area contributed by atoms with Crippen LogP contribution in [-0.2, 0) is 26.2 Å². The predicted molar refractivity (Wildman–Crippen MR) is 258 cm³/mol. The van der Waals surface area contributed by atoms with Crippen LogP contribution in [0.2, 0.25) is 5.15 Å². The second-order valence-corrected chi connectivity index (χ2v) is 16.8. The van der Waals surface area contributed by atoms with Crippen molar-refractivity contribution in [2.45, 2.75) is 26.2 Å². The molecule has 16 nitrogen and oxygen atoms in total. The van der Waals surface area contributed by atoms with E-state index in [1.54, 1.807) is 12.7 Å². The third-order valence-corrected chi connectivity index (χ3v) is 12.5. The largest absolute Gasteiger partial charge is 0.303 e. The van der Waals surface area contributed by atoms with Crippen LogP contribution in [0.25, 0.3) is 79.2 Å². The second-order valence-electron chi connectivity index (χ2n) is 15.5. The van der Waals surface area contributed by atoms with Gasteiger partial charge in [-0.15, -0.1) is 0 Å². The molecular formula is C48H32ClIN16. The lowest BCUT2D eigenvalue weighted by molar-refractivity contribution is 0.787. The Morgan fingerprint density at radius 3 is 1.05 bits per heavy atom. The van der Waals surface area contributed by atoms with Crippen LogP contribution in [0.15, 0.2) is 147 Å². The Kier molecular flexibility index (Phi) is 9.97. The highest BCUT2D eigenvalue weighted by molar-refractivity contribution is 14.1. The van der Waals surface area contributed by atoms with Crippen LogP contribution < -0.4 is 0 Å². The monoisotopic (exact) mass is 994 g/mol. The van der Waals surface area contributed by atoms with Crippen LogP contribution in [0.1, 0.15) is 22.3 Å². The molecule has 0 aliphatic carbocycles. The van der Waals surface area contributed by atoms with E-state index in [1.807, 2.05) is 81.9 Å². The molecule has 4 aromatic carbocycles. The molecule has 0 N–H and O–H groups in total. The molecule has 0 unspecified atom stereocenters. The van der Waals surface area contributed by atoms with Gasteiger partial charge in [0.05, 0.1) is 26.2 Å². The second kappa shape index (κ2) is 16.6. The van der Waals surface area contributed by atoms with Crippen molar-refractivity contribution in [3.8, 4) is 34.6 Å². The van der Waals surface area contributed by atoms with Gasteiger partial charge in [0.2, 0.25) is 0 Å². The van der Waals surface area contributed by atoms with Crippen molar-refractivity contribution in [3.63, 3.8) is 0 Å². The van der Waals surface area contributed by atoms with Crippen LogP contribution in [0.4, 0.5) is 0 Å². The number of hydrogen-bond acceptors (Lipinski definition) is 12. The van der Waals surface area contributed by atoms with E-state index in [1.165, 1.54) is 12.7 Å². The Bertz CT molecular complexity index is 3740. The third kappa shape index (κ3) is 6.99. The van der Waals surface area contributed by atoms with Gasteiger partial charge in [0.1, 0.15) is 64.5 Å². The van der Waals surface area contributed by atoms with E-state index in [2.05, 4.69) is 90.2 Å². The van der Waals surface area contributed by atoms with E-state index in [4.69, 9.17) is 61.4 Å². The molecule has 12 aromatic rings. The first kappa shape index (κ1) is 39.7. The van der Waals surface area contributed by atoms with Gasteiger partial charge in [-0.1, -0.05) is 133 Å². The third-order valence-electron chi connectivity index (χ3n) is 11.4. The maximum absolute atomic E-state index is 6.67. The van der Waals surface area contributed by atoms with Crippen LogP contribution >= 0.6 is 34.2 Å². The number of imidazole rings is 4. The van der Waals surface area contributed by atoms with E-state index in [0.29, 0.717) is 105 Å². The molecule has 0 spiro atoms. The van der Waals surface area contributed by atoms with Crippen molar-refractivity contribution in [1.82, 2.24) is 78.1 Å². The van der Waals surface area contributed by atoms with Gasteiger partial charge in [-0.3, -0.25) is 4.57 Å². The molecule has 0 bridgehead atoms. The summed E-state index contributed by atoms with van der Waals surface area (Å²) in [6.45, 7) is 1.88. The fraction of sp³-hybridized carbons (Fsp3) is 0.0833. The topological polar surface area (TPSA) is 174 Å². The highest BCUT2D eigenvalue weighted by Crippen LogP contribution is 2.36. The highest BCUT2D eigenvalue weighted by Gasteiger charge is 2.29. The zero-order valence-electron chi connectivity index (χ0n) is 34.6. The van der Waals surface area contributed by atoms with Crippen molar-refractivity contribution >= 4 is 78.8 Å². The fourth-order valence-electron chi connectivity index (χ4n) is 8.38. The molecule has 0 fully saturated rings. The standard InChI is InChI=1S/C48H32ClIN16/c49-40-39-44(58-28-54-40)65(23-31-17-9-3-10-18-31)47(61-39)34-37-42(56-26-52-34)63(21-29-13-5-1-6-14-29)45(59-37)33-36-41(55-25-51-33)64(22-30-15-7-2-8-16-30)46(60-36)35-38-43(57-27-53-35)66(48(50)62-38)24-32-19-11-4-12-20-32/h1-20,25-28H,21-24H2. The van der Waals surface area contributed by atoms with Gasteiger partial charge in [-0.2, -0.15) is 0 Å². The number of aromatic nitrogens is 16. The number of rotatable bonds is 11. The molecule has 0 saturated heterocycles. The highest BCUT2D eigenvalue weighted by atomic mass is 127. The lowest BCUT2D eigenvalue weighted by Crippen LogP contribution is -2.06. The summed E-state index contributed by atoms with van der Waals surface area (Å²) in [5, 5.41) is 0.234. The molecule has 66 heavy (non-hydrogen) atoms. The number of benzene rings is 4. The minimum absolute atomic E-state index is 0.234. The minimum atomic E-state index is 0.234.